The van der Waals surface area contributed by atoms with Crippen molar-refractivity contribution in [2.24, 2.45) is 0 Å². The summed E-state index contributed by atoms with van der Waals surface area (Å²) >= 11 is 0. The summed E-state index contributed by atoms with van der Waals surface area (Å²) in [6.07, 6.45) is 40.4. The van der Waals surface area contributed by atoms with Crippen LogP contribution in [0.2, 0.25) is 0 Å². The van der Waals surface area contributed by atoms with Crippen LogP contribution in [-0.4, -0.2) is 23.1 Å². The summed E-state index contributed by atoms with van der Waals surface area (Å²) in [6, 6.07) is 0. The molecule has 1 N–H and O–H groups in total. The molecule has 0 spiro atoms. The van der Waals surface area contributed by atoms with E-state index < -0.39 is 5.97 Å². The minimum atomic E-state index is -0.729. The average Bonchev–Trinajstić information content (AvgIpc) is 2.93. The first-order chi connectivity index (χ1) is 19.6. The molecule has 4 heteroatoms. The van der Waals surface area contributed by atoms with Gasteiger partial charge in [-0.3, -0.25) is 9.59 Å². The number of carbonyl (C=O) groups excluding carboxylic acids is 1. The molecule has 0 rings (SSSR count). The van der Waals surface area contributed by atoms with Crippen LogP contribution >= 0.6 is 0 Å². The SMILES string of the molecule is CCC/C=C\C/C=C\C(CCCCCCC(=O)O)OC(=O)CCCCCCCCC/C=C\CCCCCCCC. The Kier molecular flexibility index (Phi) is 30.2. The van der Waals surface area contributed by atoms with Crippen LogP contribution in [0, 0.1) is 0 Å². The van der Waals surface area contributed by atoms with Gasteiger partial charge in [0, 0.05) is 12.8 Å². The monoisotopic (exact) mass is 560 g/mol. The number of ether oxygens (including phenoxy) is 1. The molecule has 0 saturated carbocycles. The van der Waals surface area contributed by atoms with Gasteiger partial charge in [0.1, 0.15) is 6.10 Å². The second-order valence-corrected chi connectivity index (χ2v) is 11.3. The number of hydrogen-bond donors (Lipinski definition) is 1. The second-order valence-electron chi connectivity index (χ2n) is 11.3. The van der Waals surface area contributed by atoms with Crippen LogP contribution in [0.4, 0.5) is 0 Å². The third kappa shape index (κ3) is 30.7. The fourth-order valence-electron chi connectivity index (χ4n) is 4.78. The van der Waals surface area contributed by atoms with Crippen LogP contribution in [0.1, 0.15) is 174 Å². The molecule has 0 heterocycles. The normalized spacial score (nSPS) is 12.7. The predicted octanol–water partition coefficient (Wildman–Crippen LogP) is 11.4. The van der Waals surface area contributed by atoms with Crippen LogP contribution in [0.5, 0.6) is 0 Å². The van der Waals surface area contributed by atoms with Crippen molar-refractivity contribution in [2.75, 3.05) is 0 Å². The van der Waals surface area contributed by atoms with E-state index in [9.17, 15) is 9.59 Å². The molecule has 0 amide bonds. The number of rotatable bonds is 30. The van der Waals surface area contributed by atoms with Crippen molar-refractivity contribution in [1.29, 1.82) is 0 Å². The molecular weight excluding hydrogens is 496 g/mol. The molecule has 0 saturated heterocycles. The maximum absolute atomic E-state index is 12.5. The topological polar surface area (TPSA) is 63.6 Å². The summed E-state index contributed by atoms with van der Waals surface area (Å²) < 4.78 is 5.80. The van der Waals surface area contributed by atoms with Crippen molar-refractivity contribution in [1.82, 2.24) is 0 Å². The molecule has 0 aromatic rings. The van der Waals surface area contributed by atoms with Crippen LogP contribution < -0.4 is 0 Å². The highest BCUT2D eigenvalue weighted by Crippen LogP contribution is 2.15. The van der Waals surface area contributed by atoms with Gasteiger partial charge >= 0.3 is 11.9 Å². The van der Waals surface area contributed by atoms with Crippen molar-refractivity contribution in [3.63, 3.8) is 0 Å². The van der Waals surface area contributed by atoms with E-state index in [1.807, 2.05) is 6.08 Å². The molecule has 1 atom stereocenters. The lowest BCUT2D eigenvalue weighted by molar-refractivity contribution is -0.147. The minimum absolute atomic E-state index is 0.0881. The van der Waals surface area contributed by atoms with E-state index in [1.54, 1.807) is 0 Å². The number of carboxylic acids is 1. The van der Waals surface area contributed by atoms with Gasteiger partial charge in [-0.2, -0.15) is 0 Å². The highest BCUT2D eigenvalue weighted by Gasteiger charge is 2.11. The number of carboxylic acid groups (broad SMARTS) is 1. The molecule has 0 bridgehead atoms. The summed E-state index contributed by atoms with van der Waals surface area (Å²) in [5.41, 5.74) is 0. The third-order valence-corrected chi connectivity index (χ3v) is 7.30. The van der Waals surface area contributed by atoms with Crippen molar-refractivity contribution in [3.05, 3.63) is 36.5 Å². The van der Waals surface area contributed by atoms with Gasteiger partial charge in [-0.15, -0.1) is 0 Å². The average molecular weight is 561 g/mol. The smallest absolute Gasteiger partial charge is 0.306 e. The van der Waals surface area contributed by atoms with Crippen molar-refractivity contribution >= 4 is 11.9 Å². The van der Waals surface area contributed by atoms with E-state index in [1.165, 1.54) is 83.5 Å². The van der Waals surface area contributed by atoms with E-state index in [4.69, 9.17) is 9.84 Å². The summed E-state index contributed by atoms with van der Waals surface area (Å²) in [4.78, 5) is 23.1. The maximum atomic E-state index is 12.5. The Hall–Kier alpha value is -1.84. The number of allylic oxidation sites excluding steroid dienone is 5. The number of unbranched alkanes of at least 4 members (excludes halogenated alkanes) is 17. The molecule has 40 heavy (non-hydrogen) atoms. The molecule has 4 nitrogen and oxygen atoms in total. The number of carbonyl (C=O) groups is 2. The molecule has 0 radical (unpaired) electrons. The zero-order chi connectivity index (χ0) is 29.4. The van der Waals surface area contributed by atoms with Crippen molar-refractivity contribution in [3.8, 4) is 0 Å². The van der Waals surface area contributed by atoms with E-state index in [2.05, 4.69) is 44.2 Å². The lowest BCUT2D eigenvalue weighted by Gasteiger charge is -2.14. The third-order valence-electron chi connectivity index (χ3n) is 7.30. The lowest BCUT2D eigenvalue weighted by Crippen LogP contribution is -2.16. The number of aliphatic carboxylic acids is 1. The first-order valence-corrected chi connectivity index (χ1v) is 17.0. The quantitative estimate of drug-likeness (QED) is 0.0539. The first-order valence-electron chi connectivity index (χ1n) is 17.0. The van der Waals surface area contributed by atoms with Crippen LogP contribution in [0.15, 0.2) is 36.5 Å². The number of hydrogen-bond acceptors (Lipinski definition) is 3. The Labute approximate surface area is 248 Å². The largest absolute Gasteiger partial charge is 0.481 e. The molecular formula is C36H64O4. The van der Waals surface area contributed by atoms with Gasteiger partial charge in [-0.05, 0) is 70.3 Å². The van der Waals surface area contributed by atoms with Crippen LogP contribution in [0.3, 0.4) is 0 Å². The van der Waals surface area contributed by atoms with Gasteiger partial charge in [0.05, 0.1) is 0 Å². The molecule has 0 aromatic heterocycles. The lowest BCUT2D eigenvalue weighted by atomic mass is 10.1. The molecule has 1 unspecified atom stereocenters. The highest BCUT2D eigenvalue weighted by molar-refractivity contribution is 5.69. The second kappa shape index (κ2) is 31.7. The standard InChI is InChI=1S/C36H64O4/c1-3-5-7-9-11-12-13-14-15-16-17-18-19-20-21-23-29-33-36(39)40-34(30-26-22-10-8-6-4-2)31-27-24-25-28-32-35(37)38/h8,10,14-15,26,30,34H,3-7,9,11-13,16-25,27-29,31-33H2,1-2H3,(H,37,38)/b10-8-,15-14-,30-26-. The number of esters is 1. The zero-order valence-corrected chi connectivity index (χ0v) is 26.4. The van der Waals surface area contributed by atoms with Gasteiger partial charge in [-0.25, -0.2) is 0 Å². The van der Waals surface area contributed by atoms with E-state index >= 15 is 0 Å². The maximum Gasteiger partial charge on any atom is 0.306 e. The van der Waals surface area contributed by atoms with Gasteiger partial charge in [0.2, 0.25) is 0 Å². The fourth-order valence-corrected chi connectivity index (χ4v) is 4.78. The Morgan fingerprint density at radius 2 is 1.10 bits per heavy atom. The zero-order valence-electron chi connectivity index (χ0n) is 26.4. The first kappa shape index (κ1) is 38.2. The summed E-state index contributed by atoms with van der Waals surface area (Å²) in [6.45, 7) is 4.44. The summed E-state index contributed by atoms with van der Waals surface area (Å²) in [7, 11) is 0. The molecule has 0 fully saturated rings. The van der Waals surface area contributed by atoms with E-state index in [0.717, 1.165) is 57.8 Å². The fraction of sp³-hybridized carbons (Fsp3) is 0.778. The Balaban J connectivity index is 3.92. The molecule has 0 aromatic carbocycles. The molecule has 232 valence electrons. The van der Waals surface area contributed by atoms with Gasteiger partial charge < -0.3 is 9.84 Å². The molecule has 0 aliphatic carbocycles. The Morgan fingerprint density at radius 3 is 1.70 bits per heavy atom. The van der Waals surface area contributed by atoms with Gasteiger partial charge in [0.15, 0.2) is 0 Å². The van der Waals surface area contributed by atoms with Crippen molar-refractivity contribution in [2.45, 2.75) is 180 Å². The Bertz CT molecular complexity index is 649. The molecule has 0 aliphatic heterocycles. The van der Waals surface area contributed by atoms with Gasteiger partial charge in [-0.1, -0.05) is 128 Å². The predicted molar refractivity (Wildman–Crippen MR) is 172 cm³/mol. The summed E-state index contributed by atoms with van der Waals surface area (Å²) in [5, 5.41) is 8.77. The van der Waals surface area contributed by atoms with Gasteiger partial charge in [0.25, 0.3) is 0 Å². The highest BCUT2D eigenvalue weighted by atomic mass is 16.5. The van der Waals surface area contributed by atoms with E-state index in [0.29, 0.717) is 12.8 Å². The Morgan fingerprint density at radius 1 is 0.575 bits per heavy atom. The van der Waals surface area contributed by atoms with Crippen molar-refractivity contribution < 1.29 is 19.4 Å². The summed E-state index contributed by atoms with van der Waals surface area (Å²) in [5.74, 6) is -0.817. The molecule has 0 aliphatic rings. The van der Waals surface area contributed by atoms with E-state index in [-0.39, 0.29) is 18.5 Å². The van der Waals surface area contributed by atoms with Crippen LogP contribution in [-0.2, 0) is 14.3 Å². The minimum Gasteiger partial charge on any atom is -0.481 e. The van der Waals surface area contributed by atoms with Crippen LogP contribution in [0.25, 0.3) is 0 Å².